The van der Waals surface area contributed by atoms with Gasteiger partial charge in [0.25, 0.3) is 0 Å². The summed E-state index contributed by atoms with van der Waals surface area (Å²) in [5, 5.41) is 13.9. The summed E-state index contributed by atoms with van der Waals surface area (Å²) in [5.41, 5.74) is 5.09. The van der Waals surface area contributed by atoms with E-state index in [0.29, 0.717) is 18.9 Å². The van der Waals surface area contributed by atoms with E-state index < -0.39 is 6.03 Å². The first-order chi connectivity index (χ1) is 7.24. The summed E-state index contributed by atoms with van der Waals surface area (Å²) in [4.78, 5) is 18.1. The Bertz CT molecular complexity index is 385. The van der Waals surface area contributed by atoms with Gasteiger partial charge in [-0.25, -0.2) is 14.8 Å². The van der Waals surface area contributed by atoms with E-state index in [0.717, 1.165) is 0 Å². The number of nitrogens with two attached hydrogens (primary N) is 1. The Morgan fingerprint density at radius 3 is 2.87 bits per heavy atom. The lowest BCUT2D eigenvalue weighted by molar-refractivity contribution is 0.249. The lowest BCUT2D eigenvalue weighted by Crippen LogP contribution is -2.33. The van der Waals surface area contributed by atoms with Crippen LogP contribution < -0.4 is 16.4 Å². The first-order valence-corrected chi connectivity index (χ1v) is 4.22. The van der Waals surface area contributed by atoms with Gasteiger partial charge in [0.1, 0.15) is 6.07 Å². The molecule has 1 aromatic heterocycles. The van der Waals surface area contributed by atoms with Crippen molar-refractivity contribution in [2.45, 2.75) is 0 Å². The van der Waals surface area contributed by atoms with E-state index in [1.54, 1.807) is 0 Å². The van der Waals surface area contributed by atoms with Gasteiger partial charge in [0.15, 0.2) is 11.5 Å². The van der Waals surface area contributed by atoms with Gasteiger partial charge in [-0.15, -0.1) is 0 Å². The SMILES string of the molecule is N#Cc1nccnc1NCCNC(N)=O. The molecule has 0 unspecified atom stereocenters. The average molecular weight is 206 g/mol. The fourth-order valence-electron chi connectivity index (χ4n) is 0.916. The van der Waals surface area contributed by atoms with Crippen molar-refractivity contribution in [3.8, 4) is 6.07 Å². The molecule has 0 aliphatic rings. The minimum Gasteiger partial charge on any atom is -0.366 e. The maximum atomic E-state index is 10.3. The topological polar surface area (TPSA) is 117 Å². The van der Waals surface area contributed by atoms with E-state index >= 15 is 0 Å². The number of nitrogens with zero attached hydrogens (tertiary/aromatic N) is 3. The van der Waals surface area contributed by atoms with Crippen LogP contribution in [0.3, 0.4) is 0 Å². The minimum absolute atomic E-state index is 0.219. The number of primary amides is 1. The quantitative estimate of drug-likeness (QED) is 0.570. The maximum absolute atomic E-state index is 10.3. The molecule has 0 saturated carbocycles. The van der Waals surface area contributed by atoms with Crippen LogP contribution in [-0.4, -0.2) is 29.1 Å². The zero-order valence-electron chi connectivity index (χ0n) is 7.90. The molecule has 0 aliphatic carbocycles. The zero-order valence-corrected chi connectivity index (χ0v) is 7.90. The van der Waals surface area contributed by atoms with Crippen LogP contribution in [0, 0.1) is 11.3 Å². The Labute approximate surface area is 86.3 Å². The fraction of sp³-hybridized carbons (Fsp3) is 0.250. The van der Waals surface area contributed by atoms with E-state index in [1.165, 1.54) is 12.4 Å². The molecular formula is C8H10N6O. The number of hydrogen-bond donors (Lipinski definition) is 3. The molecule has 1 heterocycles. The monoisotopic (exact) mass is 206 g/mol. The summed E-state index contributed by atoms with van der Waals surface area (Å²) in [5.74, 6) is 0.395. The molecule has 0 saturated heterocycles. The first kappa shape index (κ1) is 10.7. The molecule has 0 fully saturated rings. The molecular weight excluding hydrogens is 196 g/mol. The van der Waals surface area contributed by atoms with Crippen molar-refractivity contribution in [2.75, 3.05) is 18.4 Å². The number of hydrogen-bond acceptors (Lipinski definition) is 5. The Hall–Kier alpha value is -2.36. The molecule has 0 spiro atoms. The van der Waals surface area contributed by atoms with Crippen LogP contribution in [-0.2, 0) is 0 Å². The van der Waals surface area contributed by atoms with Gasteiger partial charge in [-0.2, -0.15) is 5.26 Å². The fourth-order valence-corrected chi connectivity index (χ4v) is 0.916. The van der Waals surface area contributed by atoms with E-state index in [4.69, 9.17) is 11.0 Å². The highest BCUT2D eigenvalue weighted by atomic mass is 16.2. The minimum atomic E-state index is -0.587. The van der Waals surface area contributed by atoms with Gasteiger partial charge in [-0.1, -0.05) is 0 Å². The Morgan fingerprint density at radius 2 is 2.20 bits per heavy atom. The Morgan fingerprint density at radius 1 is 1.47 bits per heavy atom. The standard InChI is InChI=1S/C8H10N6O/c9-5-6-7(12-2-1-11-6)13-3-4-14-8(10)15/h1-2H,3-4H2,(H,12,13)(H3,10,14,15). The number of aromatic nitrogens is 2. The van der Waals surface area contributed by atoms with Crippen molar-refractivity contribution in [3.05, 3.63) is 18.1 Å². The van der Waals surface area contributed by atoms with Gasteiger partial charge in [-0.3, -0.25) is 0 Å². The molecule has 0 atom stereocenters. The second-order valence-corrected chi connectivity index (χ2v) is 2.58. The highest BCUT2D eigenvalue weighted by Crippen LogP contribution is 2.04. The Balaban J connectivity index is 2.44. The van der Waals surface area contributed by atoms with E-state index in [2.05, 4.69) is 20.6 Å². The van der Waals surface area contributed by atoms with Crippen molar-refractivity contribution in [2.24, 2.45) is 5.73 Å². The van der Waals surface area contributed by atoms with Crippen molar-refractivity contribution < 1.29 is 4.79 Å². The van der Waals surface area contributed by atoms with Gasteiger partial charge in [0, 0.05) is 25.5 Å². The van der Waals surface area contributed by atoms with Gasteiger partial charge >= 0.3 is 6.03 Å². The molecule has 15 heavy (non-hydrogen) atoms. The van der Waals surface area contributed by atoms with Gasteiger partial charge in [-0.05, 0) is 0 Å². The third kappa shape index (κ3) is 3.48. The summed E-state index contributed by atoms with van der Waals surface area (Å²) in [7, 11) is 0. The highest BCUT2D eigenvalue weighted by Gasteiger charge is 2.02. The molecule has 0 aromatic carbocycles. The van der Waals surface area contributed by atoms with E-state index in [9.17, 15) is 4.79 Å². The number of carbonyl (C=O) groups is 1. The molecule has 0 aliphatic heterocycles. The number of nitrogens with one attached hydrogen (secondary N) is 2. The summed E-state index contributed by atoms with van der Waals surface area (Å²) in [6.07, 6.45) is 2.91. The molecule has 78 valence electrons. The van der Waals surface area contributed by atoms with Crippen LogP contribution in [0.4, 0.5) is 10.6 Å². The van der Waals surface area contributed by atoms with Crippen LogP contribution in [0.15, 0.2) is 12.4 Å². The van der Waals surface area contributed by atoms with E-state index in [1.807, 2.05) is 6.07 Å². The molecule has 7 heteroatoms. The number of amides is 2. The summed E-state index contributed by atoms with van der Waals surface area (Å²) in [6.45, 7) is 0.785. The zero-order chi connectivity index (χ0) is 11.1. The summed E-state index contributed by atoms with van der Waals surface area (Å²) >= 11 is 0. The summed E-state index contributed by atoms with van der Waals surface area (Å²) < 4.78 is 0. The molecule has 2 amide bonds. The lowest BCUT2D eigenvalue weighted by Gasteiger charge is -2.05. The van der Waals surface area contributed by atoms with Crippen molar-refractivity contribution in [3.63, 3.8) is 0 Å². The van der Waals surface area contributed by atoms with Crippen LogP contribution in [0.2, 0.25) is 0 Å². The van der Waals surface area contributed by atoms with Crippen LogP contribution >= 0.6 is 0 Å². The van der Waals surface area contributed by atoms with Gasteiger partial charge in [0.05, 0.1) is 0 Å². The number of nitriles is 1. The average Bonchev–Trinajstić information content (AvgIpc) is 2.24. The van der Waals surface area contributed by atoms with Crippen LogP contribution in [0.25, 0.3) is 0 Å². The van der Waals surface area contributed by atoms with E-state index in [-0.39, 0.29) is 5.69 Å². The second-order valence-electron chi connectivity index (χ2n) is 2.58. The molecule has 4 N–H and O–H groups in total. The number of anilines is 1. The van der Waals surface area contributed by atoms with Crippen molar-refractivity contribution in [1.82, 2.24) is 15.3 Å². The van der Waals surface area contributed by atoms with Crippen LogP contribution in [0.1, 0.15) is 5.69 Å². The van der Waals surface area contributed by atoms with Crippen molar-refractivity contribution in [1.29, 1.82) is 5.26 Å². The second kappa shape index (κ2) is 5.39. The third-order valence-electron chi connectivity index (χ3n) is 1.52. The molecule has 0 bridgehead atoms. The van der Waals surface area contributed by atoms with Gasteiger partial charge < -0.3 is 16.4 Å². The number of carbonyl (C=O) groups excluding carboxylic acids is 1. The largest absolute Gasteiger partial charge is 0.366 e. The smallest absolute Gasteiger partial charge is 0.312 e. The first-order valence-electron chi connectivity index (χ1n) is 4.22. The normalized spacial score (nSPS) is 9.00. The molecule has 1 rings (SSSR count). The summed E-state index contributed by atoms with van der Waals surface area (Å²) in [6, 6.07) is 1.31. The highest BCUT2D eigenvalue weighted by molar-refractivity contribution is 5.71. The molecule has 0 radical (unpaired) electrons. The maximum Gasteiger partial charge on any atom is 0.312 e. The third-order valence-corrected chi connectivity index (χ3v) is 1.52. The predicted molar refractivity (Wildman–Crippen MR) is 52.8 cm³/mol. The Kier molecular flexibility index (Phi) is 3.85. The lowest BCUT2D eigenvalue weighted by atomic mass is 10.4. The van der Waals surface area contributed by atoms with Crippen molar-refractivity contribution >= 4 is 11.8 Å². The van der Waals surface area contributed by atoms with Gasteiger partial charge in [0.2, 0.25) is 0 Å². The number of rotatable bonds is 4. The molecule has 1 aromatic rings. The van der Waals surface area contributed by atoms with Crippen LogP contribution in [0.5, 0.6) is 0 Å². The molecule has 7 nitrogen and oxygen atoms in total. The number of urea groups is 1. The predicted octanol–water partition coefficient (Wildman–Crippen LogP) is -0.572.